The first-order valence-corrected chi connectivity index (χ1v) is 8.12. The molecule has 0 N–H and O–H groups in total. The van der Waals surface area contributed by atoms with Gasteiger partial charge in [-0.3, -0.25) is 0 Å². The molecule has 0 bridgehead atoms. The van der Waals surface area contributed by atoms with E-state index in [0.29, 0.717) is 6.07 Å². The zero-order valence-electron chi connectivity index (χ0n) is 12.1. The molecule has 0 atom stereocenters. The molecule has 0 aliphatic carbocycles. The molecule has 0 amide bonds. The summed E-state index contributed by atoms with van der Waals surface area (Å²) in [5, 5.41) is -0.218. The van der Waals surface area contributed by atoms with Crippen molar-refractivity contribution in [3.05, 3.63) is 69.8 Å². The molecule has 0 aliphatic rings. The zero-order valence-corrected chi connectivity index (χ0v) is 13.0. The lowest BCUT2D eigenvalue weighted by Crippen LogP contribution is -2.15. The quantitative estimate of drug-likeness (QED) is 0.523. The van der Waals surface area contributed by atoms with Gasteiger partial charge in [0.05, 0.1) is 4.90 Å². The largest absolute Gasteiger partial charge is 0.419 e. The lowest BCUT2D eigenvalue weighted by Gasteiger charge is -2.06. The van der Waals surface area contributed by atoms with Crippen molar-refractivity contribution in [2.45, 2.75) is 16.7 Å². The Kier molecular flexibility index (Phi) is 3.71. The fourth-order valence-corrected chi connectivity index (χ4v) is 3.61. The summed E-state index contributed by atoms with van der Waals surface area (Å²) in [5.74, 6) is -2.68. The second-order valence-corrected chi connectivity index (χ2v) is 7.04. The van der Waals surface area contributed by atoms with Crippen molar-refractivity contribution in [1.29, 1.82) is 0 Å². The van der Waals surface area contributed by atoms with Gasteiger partial charge in [0.15, 0.2) is 16.3 Å². The molecule has 1 aromatic heterocycles. The van der Waals surface area contributed by atoms with Crippen LogP contribution in [0.25, 0.3) is 11.0 Å². The molecule has 0 fully saturated rings. The summed E-state index contributed by atoms with van der Waals surface area (Å²) in [7, 11) is -4.34. The molecular formula is C16H9F3O4S. The first-order chi connectivity index (χ1) is 11.2. The molecule has 0 radical (unpaired) electrons. The van der Waals surface area contributed by atoms with Crippen molar-refractivity contribution in [1.82, 2.24) is 0 Å². The molecule has 0 spiro atoms. The highest BCUT2D eigenvalue weighted by molar-refractivity contribution is 7.91. The number of aryl methyl sites for hydroxylation is 1. The maximum Gasteiger partial charge on any atom is 0.355 e. The summed E-state index contributed by atoms with van der Waals surface area (Å²) < 4.78 is 70.0. The zero-order chi connectivity index (χ0) is 17.6. The minimum atomic E-state index is -4.34. The van der Waals surface area contributed by atoms with E-state index < -0.39 is 43.4 Å². The highest BCUT2D eigenvalue weighted by Crippen LogP contribution is 2.25. The van der Waals surface area contributed by atoms with Gasteiger partial charge in [0.25, 0.3) is 0 Å². The van der Waals surface area contributed by atoms with Crippen LogP contribution in [0.2, 0.25) is 0 Å². The smallest absolute Gasteiger partial charge is 0.355 e. The maximum atomic E-state index is 13.6. The fourth-order valence-electron chi connectivity index (χ4n) is 2.24. The number of sulfone groups is 1. The average Bonchev–Trinajstić information content (AvgIpc) is 2.50. The number of benzene rings is 2. The van der Waals surface area contributed by atoms with Gasteiger partial charge >= 0.3 is 5.63 Å². The standard InChI is InChI=1S/C16H9F3O4S/c1-8-4-11(2-3-12(8)18)24(21,22)14-6-9-5-10(17)7-13(19)15(9)23-16(14)20/h2-7H,1H3. The topological polar surface area (TPSA) is 64.3 Å². The van der Waals surface area contributed by atoms with Gasteiger partial charge < -0.3 is 4.42 Å². The molecule has 3 aromatic rings. The van der Waals surface area contributed by atoms with Gasteiger partial charge in [0.1, 0.15) is 11.6 Å². The molecule has 24 heavy (non-hydrogen) atoms. The molecule has 124 valence electrons. The number of hydrogen-bond acceptors (Lipinski definition) is 4. The SMILES string of the molecule is Cc1cc(S(=O)(=O)c2cc3cc(F)cc(F)c3oc2=O)ccc1F. The Labute approximate surface area is 134 Å². The van der Waals surface area contributed by atoms with Crippen LogP contribution < -0.4 is 5.63 Å². The van der Waals surface area contributed by atoms with Crippen LogP contribution in [0, 0.1) is 24.4 Å². The maximum absolute atomic E-state index is 13.6. The highest BCUT2D eigenvalue weighted by Gasteiger charge is 2.25. The number of rotatable bonds is 2. The number of halogens is 3. The lowest BCUT2D eigenvalue weighted by molar-refractivity contribution is 0.500. The molecular weight excluding hydrogens is 345 g/mol. The van der Waals surface area contributed by atoms with E-state index in [1.165, 1.54) is 6.92 Å². The van der Waals surface area contributed by atoms with Crippen molar-refractivity contribution in [2.75, 3.05) is 0 Å². The van der Waals surface area contributed by atoms with Gasteiger partial charge in [-0.25, -0.2) is 26.4 Å². The second kappa shape index (κ2) is 5.48. The molecule has 0 aliphatic heterocycles. The van der Waals surface area contributed by atoms with Crippen LogP contribution in [0.15, 0.2) is 55.4 Å². The highest BCUT2D eigenvalue weighted by atomic mass is 32.2. The Morgan fingerprint density at radius 3 is 2.33 bits per heavy atom. The minimum absolute atomic E-state index is 0.0679. The van der Waals surface area contributed by atoms with E-state index in [0.717, 1.165) is 30.3 Å². The van der Waals surface area contributed by atoms with E-state index in [2.05, 4.69) is 4.42 Å². The third-order valence-corrected chi connectivity index (χ3v) is 5.19. The van der Waals surface area contributed by atoms with Crippen LogP contribution in [0.1, 0.15) is 5.56 Å². The van der Waals surface area contributed by atoms with Crippen LogP contribution >= 0.6 is 0 Å². The van der Waals surface area contributed by atoms with Gasteiger partial charge in [-0.1, -0.05) is 0 Å². The Morgan fingerprint density at radius 1 is 0.958 bits per heavy atom. The van der Waals surface area contributed by atoms with Gasteiger partial charge in [-0.05, 0) is 42.8 Å². The second-order valence-electron chi connectivity index (χ2n) is 5.12. The van der Waals surface area contributed by atoms with Gasteiger partial charge in [0.2, 0.25) is 9.84 Å². The van der Waals surface area contributed by atoms with Crippen molar-refractivity contribution in [2.24, 2.45) is 0 Å². The van der Waals surface area contributed by atoms with Crippen LogP contribution in [-0.4, -0.2) is 8.42 Å². The molecule has 8 heteroatoms. The Balaban J connectivity index is 2.30. The Morgan fingerprint density at radius 2 is 1.67 bits per heavy atom. The van der Waals surface area contributed by atoms with E-state index >= 15 is 0 Å². The summed E-state index contributed by atoms with van der Waals surface area (Å²) >= 11 is 0. The normalized spacial score (nSPS) is 11.8. The summed E-state index contributed by atoms with van der Waals surface area (Å²) in [6.45, 7) is 1.36. The summed E-state index contributed by atoms with van der Waals surface area (Å²) in [5.41, 5.74) is -1.77. The third kappa shape index (κ3) is 2.58. The first kappa shape index (κ1) is 16.3. The molecule has 0 saturated carbocycles. The van der Waals surface area contributed by atoms with Crippen molar-refractivity contribution in [3.63, 3.8) is 0 Å². The van der Waals surface area contributed by atoms with Gasteiger partial charge in [-0.15, -0.1) is 0 Å². The number of fused-ring (bicyclic) bond motifs is 1. The number of hydrogen-bond donors (Lipinski definition) is 0. The van der Waals surface area contributed by atoms with E-state index in [-0.39, 0.29) is 15.8 Å². The predicted molar refractivity (Wildman–Crippen MR) is 79.0 cm³/mol. The fraction of sp³-hybridized carbons (Fsp3) is 0.0625. The van der Waals surface area contributed by atoms with Crippen LogP contribution in [0.4, 0.5) is 13.2 Å². The van der Waals surface area contributed by atoms with Crippen LogP contribution in [0.3, 0.4) is 0 Å². The van der Waals surface area contributed by atoms with E-state index in [1.54, 1.807) is 0 Å². The molecule has 1 heterocycles. The average molecular weight is 354 g/mol. The Bertz CT molecular complexity index is 1130. The summed E-state index contributed by atoms with van der Waals surface area (Å²) in [6.07, 6.45) is 0. The molecule has 2 aromatic carbocycles. The minimum Gasteiger partial charge on any atom is -0.419 e. The lowest BCUT2D eigenvalue weighted by atomic mass is 10.2. The summed E-state index contributed by atoms with van der Waals surface area (Å²) in [4.78, 5) is 10.8. The molecule has 0 saturated heterocycles. The van der Waals surface area contributed by atoms with Crippen LogP contribution in [0.5, 0.6) is 0 Å². The molecule has 4 nitrogen and oxygen atoms in total. The molecule has 3 rings (SSSR count). The van der Waals surface area contributed by atoms with E-state index in [1.807, 2.05) is 0 Å². The molecule has 0 unspecified atom stereocenters. The van der Waals surface area contributed by atoms with Crippen LogP contribution in [-0.2, 0) is 9.84 Å². The van der Waals surface area contributed by atoms with Crippen molar-refractivity contribution in [3.8, 4) is 0 Å². The first-order valence-electron chi connectivity index (χ1n) is 6.64. The van der Waals surface area contributed by atoms with Gasteiger partial charge in [0, 0.05) is 11.5 Å². The third-order valence-electron chi connectivity index (χ3n) is 3.45. The van der Waals surface area contributed by atoms with E-state index in [9.17, 15) is 26.4 Å². The van der Waals surface area contributed by atoms with Crippen molar-refractivity contribution >= 4 is 20.8 Å². The summed E-state index contributed by atoms with van der Waals surface area (Å²) in [6, 6.07) is 5.19. The predicted octanol–water partition coefficient (Wildman–Crippen LogP) is 3.35. The van der Waals surface area contributed by atoms with Crippen molar-refractivity contribution < 1.29 is 26.0 Å². The van der Waals surface area contributed by atoms with E-state index in [4.69, 9.17) is 0 Å². The van der Waals surface area contributed by atoms with Gasteiger partial charge in [-0.2, -0.15) is 0 Å². The Hall–Kier alpha value is -2.61. The monoisotopic (exact) mass is 354 g/mol.